The highest BCUT2D eigenvalue weighted by Gasteiger charge is 2.33. The molecule has 0 spiro atoms. The van der Waals surface area contributed by atoms with E-state index in [0.29, 0.717) is 19.6 Å². The molecule has 19 heavy (non-hydrogen) atoms. The molecule has 104 valence electrons. The first kappa shape index (κ1) is 13.3. The molecule has 8 nitrogen and oxygen atoms in total. The van der Waals surface area contributed by atoms with Gasteiger partial charge in [0.15, 0.2) is 0 Å². The third kappa shape index (κ3) is 2.68. The van der Waals surface area contributed by atoms with Crippen LogP contribution in [0.1, 0.15) is 10.5 Å². The second-order valence-electron chi connectivity index (χ2n) is 4.61. The molecule has 1 aliphatic heterocycles. The Morgan fingerprint density at radius 2 is 2.16 bits per heavy atom. The van der Waals surface area contributed by atoms with Crippen molar-refractivity contribution < 1.29 is 9.59 Å². The summed E-state index contributed by atoms with van der Waals surface area (Å²) in [5.74, 6) is -0.488. The molecule has 1 aromatic rings. The molecule has 3 N–H and O–H groups in total. The fourth-order valence-electron chi connectivity index (χ4n) is 2.07. The SMILES string of the molecule is CN(C)C(=O)C1CNCCN1C(=O)c1c[nH]c(=O)[nH]1. The van der Waals surface area contributed by atoms with E-state index in [2.05, 4.69) is 15.3 Å². The van der Waals surface area contributed by atoms with Gasteiger partial charge in [0, 0.05) is 39.9 Å². The van der Waals surface area contributed by atoms with E-state index in [1.807, 2.05) is 0 Å². The third-order valence-corrected chi connectivity index (χ3v) is 3.06. The van der Waals surface area contributed by atoms with Crippen molar-refractivity contribution in [2.24, 2.45) is 0 Å². The van der Waals surface area contributed by atoms with Crippen LogP contribution in [0.4, 0.5) is 0 Å². The van der Waals surface area contributed by atoms with Gasteiger partial charge in [-0.25, -0.2) is 4.79 Å². The van der Waals surface area contributed by atoms with Gasteiger partial charge in [-0.3, -0.25) is 9.59 Å². The van der Waals surface area contributed by atoms with E-state index in [9.17, 15) is 14.4 Å². The van der Waals surface area contributed by atoms with Gasteiger partial charge in [0.1, 0.15) is 11.7 Å². The average molecular weight is 267 g/mol. The molecule has 0 aliphatic carbocycles. The summed E-state index contributed by atoms with van der Waals surface area (Å²) >= 11 is 0. The zero-order valence-electron chi connectivity index (χ0n) is 10.9. The van der Waals surface area contributed by atoms with Gasteiger partial charge in [0.2, 0.25) is 5.91 Å². The standard InChI is InChI=1S/C11H17N5O3/c1-15(2)10(18)8-6-12-3-4-16(8)9(17)7-5-13-11(19)14-7/h5,8,12H,3-4,6H2,1-2H3,(H2,13,14,19). The number of amides is 2. The molecule has 2 amide bonds. The summed E-state index contributed by atoms with van der Waals surface area (Å²) < 4.78 is 0. The van der Waals surface area contributed by atoms with Crippen LogP contribution in [0.15, 0.2) is 11.0 Å². The first-order valence-corrected chi connectivity index (χ1v) is 6.01. The number of H-pyrrole nitrogens is 2. The maximum atomic E-state index is 12.3. The summed E-state index contributed by atoms with van der Waals surface area (Å²) in [6.07, 6.45) is 1.32. The number of aromatic amines is 2. The van der Waals surface area contributed by atoms with Crippen LogP contribution in [0, 0.1) is 0 Å². The predicted octanol–water partition coefficient (Wildman–Crippen LogP) is -1.79. The van der Waals surface area contributed by atoms with Crippen LogP contribution in [-0.4, -0.2) is 71.4 Å². The lowest BCUT2D eigenvalue weighted by Gasteiger charge is -2.36. The summed E-state index contributed by atoms with van der Waals surface area (Å²) in [4.78, 5) is 43.1. The molecular formula is C11H17N5O3. The van der Waals surface area contributed by atoms with Crippen LogP contribution in [0.2, 0.25) is 0 Å². The van der Waals surface area contributed by atoms with Crippen LogP contribution in [0.3, 0.4) is 0 Å². The van der Waals surface area contributed by atoms with Crippen LogP contribution in [-0.2, 0) is 4.79 Å². The number of carbonyl (C=O) groups excluding carboxylic acids is 2. The van der Waals surface area contributed by atoms with Crippen LogP contribution >= 0.6 is 0 Å². The Morgan fingerprint density at radius 1 is 1.42 bits per heavy atom. The molecule has 2 heterocycles. The highest BCUT2D eigenvalue weighted by molar-refractivity contribution is 5.96. The normalized spacial score (nSPS) is 19.3. The van der Waals surface area contributed by atoms with E-state index in [0.717, 1.165) is 0 Å². The van der Waals surface area contributed by atoms with Crippen molar-refractivity contribution in [1.29, 1.82) is 0 Å². The molecule has 1 saturated heterocycles. The number of nitrogens with one attached hydrogen (secondary N) is 3. The van der Waals surface area contributed by atoms with Crippen molar-refractivity contribution in [1.82, 2.24) is 25.1 Å². The molecule has 1 aliphatic rings. The Bertz CT molecular complexity index is 532. The Balaban J connectivity index is 2.22. The molecule has 2 rings (SSSR count). The number of piperazine rings is 1. The van der Waals surface area contributed by atoms with Gasteiger partial charge < -0.3 is 25.1 Å². The number of hydrogen-bond acceptors (Lipinski definition) is 4. The van der Waals surface area contributed by atoms with Gasteiger partial charge in [-0.15, -0.1) is 0 Å². The van der Waals surface area contributed by atoms with Crippen molar-refractivity contribution in [3.8, 4) is 0 Å². The molecule has 0 aromatic carbocycles. The number of carbonyl (C=O) groups is 2. The van der Waals surface area contributed by atoms with Crippen molar-refractivity contribution in [2.45, 2.75) is 6.04 Å². The third-order valence-electron chi connectivity index (χ3n) is 3.06. The van der Waals surface area contributed by atoms with Crippen LogP contribution in [0.5, 0.6) is 0 Å². The van der Waals surface area contributed by atoms with E-state index in [1.54, 1.807) is 14.1 Å². The number of hydrogen-bond donors (Lipinski definition) is 3. The van der Waals surface area contributed by atoms with E-state index in [4.69, 9.17) is 0 Å². The quantitative estimate of drug-likeness (QED) is 0.588. The van der Waals surface area contributed by atoms with Crippen LogP contribution < -0.4 is 11.0 Å². The van der Waals surface area contributed by atoms with Gasteiger partial charge in [-0.05, 0) is 0 Å². The summed E-state index contributed by atoms with van der Waals surface area (Å²) in [6, 6.07) is -0.547. The Kier molecular flexibility index (Phi) is 3.70. The monoisotopic (exact) mass is 267 g/mol. The number of imidazole rings is 1. The second-order valence-corrected chi connectivity index (χ2v) is 4.61. The largest absolute Gasteiger partial charge is 0.347 e. The lowest BCUT2D eigenvalue weighted by molar-refractivity contribution is -0.134. The molecule has 1 fully saturated rings. The summed E-state index contributed by atoms with van der Waals surface area (Å²) in [5.41, 5.74) is -0.266. The maximum absolute atomic E-state index is 12.3. The summed E-state index contributed by atoms with van der Waals surface area (Å²) in [5, 5.41) is 3.09. The van der Waals surface area contributed by atoms with E-state index in [-0.39, 0.29) is 17.5 Å². The van der Waals surface area contributed by atoms with Crippen LogP contribution in [0.25, 0.3) is 0 Å². The fourth-order valence-corrected chi connectivity index (χ4v) is 2.07. The van der Waals surface area contributed by atoms with Gasteiger partial charge >= 0.3 is 5.69 Å². The van der Waals surface area contributed by atoms with E-state index in [1.165, 1.54) is 16.0 Å². The highest BCUT2D eigenvalue weighted by Crippen LogP contribution is 2.09. The minimum Gasteiger partial charge on any atom is -0.347 e. The Morgan fingerprint density at radius 3 is 2.74 bits per heavy atom. The molecule has 1 atom stereocenters. The highest BCUT2D eigenvalue weighted by atomic mass is 16.2. The molecule has 1 unspecified atom stereocenters. The molecule has 0 saturated carbocycles. The molecule has 0 radical (unpaired) electrons. The average Bonchev–Trinajstić information content (AvgIpc) is 2.83. The predicted molar refractivity (Wildman–Crippen MR) is 67.8 cm³/mol. The number of aromatic nitrogens is 2. The second kappa shape index (κ2) is 5.27. The van der Waals surface area contributed by atoms with E-state index >= 15 is 0 Å². The minimum absolute atomic E-state index is 0.140. The minimum atomic E-state index is -0.547. The zero-order valence-corrected chi connectivity index (χ0v) is 10.9. The van der Waals surface area contributed by atoms with Crippen molar-refractivity contribution in [3.63, 3.8) is 0 Å². The van der Waals surface area contributed by atoms with Gasteiger partial charge in [0.05, 0.1) is 0 Å². The van der Waals surface area contributed by atoms with Gasteiger partial charge in [0.25, 0.3) is 5.91 Å². The summed E-state index contributed by atoms with van der Waals surface area (Å²) in [6.45, 7) is 1.46. The van der Waals surface area contributed by atoms with Crippen molar-refractivity contribution >= 4 is 11.8 Å². The number of likely N-dealkylation sites (N-methyl/N-ethyl adjacent to an activating group) is 1. The molecule has 0 bridgehead atoms. The van der Waals surface area contributed by atoms with Gasteiger partial charge in [-0.1, -0.05) is 0 Å². The van der Waals surface area contributed by atoms with Gasteiger partial charge in [-0.2, -0.15) is 0 Å². The maximum Gasteiger partial charge on any atom is 0.323 e. The Labute approximate surface area is 109 Å². The van der Waals surface area contributed by atoms with Crippen molar-refractivity contribution in [2.75, 3.05) is 33.7 Å². The molecule has 1 aromatic heterocycles. The molecule has 8 heteroatoms. The first-order valence-electron chi connectivity index (χ1n) is 6.01. The smallest absolute Gasteiger partial charge is 0.323 e. The lowest BCUT2D eigenvalue weighted by atomic mass is 10.1. The zero-order chi connectivity index (χ0) is 14.0. The topological polar surface area (TPSA) is 101 Å². The Hall–Kier alpha value is -2.09. The number of nitrogens with zero attached hydrogens (tertiary/aromatic N) is 2. The summed E-state index contributed by atoms with van der Waals surface area (Å²) in [7, 11) is 3.30. The number of rotatable bonds is 2. The molecular weight excluding hydrogens is 250 g/mol. The fraction of sp³-hybridized carbons (Fsp3) is 0.545. The first-order chi connectivity index (χ1) is 9.00. The lowest BCUT2D eigenvalue weighted by Crippen LogP contribution is -2.59. The van der Waals surface area contributed by atoms with E-state index < -0.39 is 11.7 Å². The van der Waals surface area contributed by atoms with Crippen molar-refractivity contribution in [3.05, 3.63) is 22.4 Å².